The summed E-state index contributed by atoms with van der Waals surface area (Å²) in [6.45, 7) is 0.456. The lowest BCUT2D eigenvalue weighted by atomic mass is 10.2. The lowest BCUT2D eigenvalue weighted by Gasteiger charge is -1.91. The molecule has 0 aliphatic rings. The first-order chi connectivity index (χ1) is 5.25. The Bertz CT molecular complexity index is 259. The molecule has 0 saturated carbocycles. The quantitative estimate of drug-likeness (QED) is 0.549. The lowest BCUT2D eigenvalue weighted by Crippen LogP contribution is -2.03. The molecule has 0 amide bonds. The number of rotatable bonds is 3. The minimum absolute atomic E-state index is 0.218. The molecule has 0 aromatic carbocycles. The van der Waals surface area contributed by atoms with Crippen LogP contribution in [0.2, 0.25) is 0 Å². The maximum Gasteiger partial charge on any atom is 0.327 e. The van der Waals surface area contributed by atoms with E-state index in [0.29, 0.717) is 13.0 Å². The molecule has 0 aliphatic heterocycles. The Labute approximate surface area is 67.8 Å². The van der Waals surface area contributed by atoms with E-state index < -0.39 is 0 Å². The minimum Gasteiger partial charge on any atom is -0.330 e. The maximum atomic E-state index is 10.3. The summed E-state index contributed by atoms with van der Waals surface area (Å²) in [5.41, 5.74) is 6.01. The first-order valence-corrected chi connectivity index (χ1v) is 4.04. The zero-order valence-electron chi connectivity index (χ0n) is 5.82. The van der Waals surface area contributed by atoms with Gasteiger partial charge in [0.2, 0.25) is 0 Å². The van der Waals surface area contributed by atoms with Crippen LogP contribution in [0.4, 0.5) is 5.00 Å². The summed E-state index contributed by atoms with van der Waals surface area (Å²) in [5.74, 6) is 0. The van der Waals surface area contributed by atoms with Gasteiger partial charge in [0.15, 0.2) is 0 Å². The molecule has 2 N–H and O–H groups in total. The van der Waals surface area contributed by atoms with Gasteiger partial charge in [-0.25, -0.2) is 0 Å². The third kappa shape index (κ3) is 1.75. The summed E-state index contributed by atoms with van der Waals surface area (Å²) in [4.78, 5) is 9.97. The highest BCUT2D eigenvalue weighted by molar-refractivity contribution is 7.13. The molecule has 0 aliphatic carbocycles. The number of nitrogens with two attached hydrogens (primary N) is 1. The van der Waals surface area contributed by atoms with Crippen molar-refractivity contribution in [2.24, 2.45) is 5.73 Å². The van der Waals surface area contributed by atoms with E-state index in [1.165, 1.54) is 0 Å². The minimum atomic E-state index is -0.365. The smallest absolute Gasteiger partial charge is 0.327 e. The average Bonchev–Trinajstić information content (AvgIpc) is 2.36. The SMILES string of the molecule is NCCc1ccsc1[N+](=O)[O-]. The van der Waals surface area contributed by atoms with E-state index in [-0.39, 0.29) is 9.92 Å². The second kappa shape index (κ2) is 3.45. The van der Waals surface area contributed by atoms with Crippen molar-refractivity contribution in [2.75, 3.05) is 6.54 Å². The Morgan fingerprint density at radius 1 is 1.73 bits per heavy atom. The van der Waals surface area contributed by atoms with Gasteiger partial charge in [0.25, 0.3) is 0 Å². The predicted octanol–water partition coefficient (Wildman–Crippen LogP) is 1.16. The maximum absolute atomic E-state index is 10.3. The third-order valence-electron chi connectivity index (χ3n) is 1.30. The van der Waals surface area contributed by atoms with Crippen LogP contribution >= 0.6 is 11.3 Å². The van der Waals surface area contributed by atoms with Gasteiger partial charge in [-0.05, 0) is 24.4 Å². The highest BCUT2D eigenvalue weighted by atomic mass is 32.1. The molecule has 0 bridgehead atoms. The van der Waals surface area contributed by atoms with Gasteiger partial charge in [-0.1, -0.05) is 11.3 Å². The third-order valence-corrected chi connectivity index (χ3v) is 2.21. The number of hydrogen-bond acceptors (Lipinski definition) is 4. The standard InChI is InChI=1S/C6H8N2O2S/c7-3-1-5-2-4-11-6(5)8(9)10/h2,4H,1,3,7H2. The van der Waals surface area contributed by atoms with Crippen LogP contribution in [-0.4, -0.2) is 11.5 Å². The van der Waals surface area contributed by atoms with Crippen LogP contribution in [0.1, 0.15) is 5.56 Å². The molecule has 1 aromatic rings. The fourth-order valence-electron chi connectivity index (χ4n) is 0.834. The van der Waals surface area contributed by atoms with E-state index in [1.807, 2.05) is 0 Å². The first-order valence-electron chi connectivity index (χ1n) is 3.16. The van der Waals surface area contributed by atoms with Gasteiger partial charge in [-0.15, -0.1) is 0 Å². The van der Waals surface area contributed by atoms with Crippen LogP contribution in [-0.2, 0) is 6.42 Å². The van der Waals surface area contributed by atoms with Crippen LogP contribution in [0.25, 0.3) is 0 Å². The topological polar surface area (TPSA) is 69.2 Å². The average molecular weight is 172 g/mol. The van der Waals surface area contributed by atoms with Crippen molar-refractivity contribution in [1.82, 2.24) is 0 Å². The number of nitro groups is 1. The Morgan fingerprint density at radius 2 is 2.45 bits per heavy atom. The molecule has 0 unspecified atom stereocenters. The van der Waals surface area contributed by atoms with Crippen molar-refractivity contribution in [3.05, 3.63) is 27.1 Å². The Kier molecular flexibility index (Phi) is 2.56. The van der Waals surface area contributed by atoms with Crippen LogP contribution < -0.4 is 5.73 Å². The molecule has 60 valence electrons. The van der Waals surface area contributed by atoms with Crippen LogP contribution in [0.5, 0.6) is 0 Å². The van der Waals surface area contributed by atoms with E-state index in [2.05, 4.69) is 0 Å². The van der Waals surface area contributed by atoms with E-state index in [1.54, 1.807) is 11.4 Å². The largest absolute Gasteiger partial charge is 0.330 e. The molecule has 0 fully saturated rings. The predicted molar refractivity (Wildman–Crippen MR) is 43.7 cm³/mol. The van der Waals surface area contributed by atoms with Crippen molar-refractivity contribution >= 4 is 16.3 Å². The molecule has 1 heterocycles. The summed E-state index contributed by atoms with van der Waals surface area (Å²) >= 11 is 1.14. The molecule has 0 radical (unpaired) electrons. The molecule has 11 heavy (non-hydrogen) atoms. The molecule has 0 spiro atoms. The zero-order chi connectivity index (χ0) is 8.27. The van der Waals surface area contributed by atoms with Crippen LogP contribution in [0.15, 0.2) is 11.4 Å². The van der Waals surface area contributed by atoms with Gasteiger partial charge < -0.3 is 5.73 Å². The Balaban J connectivity index is 2.87. The zero-order valence-corrected chi connectivity index (χ0v) is 6.63. The van der Waals surface area contributed by atoms with Crippen molar-refractivity contribution in [2.45, 2.75) is 6.42 Å². The number of hydrogen-bond donors (Lipinski definition) is 1. The van der Waals surface area contributed by atoms with Crippen molar-refractivity contribution < 1.29 is 4.92 Å². The van der Waals surface area contributed by atoms with E-state index in [9.17, 15) is 10.1 Å². The molecular weight excluding hydrogens is 164 g/mol. The second-order valence-corrected chi connectivity index (χ2v) is 2.94. The van der Waals surface area contributed by atoms with Gasteiger partial charge >= 0.3 is 5.00 Å². The lowest BCUT2D eigenvalue weighted by molar-refractivity contribution is -0.380. The number of thiophene rings is 1. The van der Waals surface area contributed by atoms with Gasteiger partial charge in [-0.2, -0.15) is 0 Å². The van der Waals surface area contributed by atoms with E-state index in [4.69, 9.17) is 5.73 Å². The first kappa shape index (κ1) is 8.16. The van der Waals surface area contributed by atoms with Crippen molar-refractivity contribution in [3.63, 3.8) is 0 Å². The van der Waals surface area contributed by atoms with Gasteiger partial charge in [-0.3, -0.25) is 10.1 Å². The molecule has 1 aromatic heterocycles. The van der Waals surface area contributed by atoms with Crippen molar-refractivity contribution in [1.29, 1.82) is 0 Å². The Morgan fingerprint density at radius 3 is 3.00 bits per heavy atom. The fraction of sp³-hybridized carbons (Fsp3) is 0.333. The summed E-state index contributed by atoms with van der Waals surface area (Å²) in [5, 5.41) is 12.3. The monoisotopic (exact) mass is 172 g/mol. The normalized spacial score (nSPS) is 9.91. The summed E-state index contributed by atoms with van der Waals surface area (Å²) in [6, 6.07) is 1.75. The molecule has 0 saturated heterocycles. The van der Waals surface area contributed by atoms with E-state index >= 15 is 0 Å². The highest BCUT2D eigenvalue weighted by Crippen LogP contribution is 2.25. The molecule has 0 atom stereocenters. The fourth-order valence-corrected chi connectivity index (χ4v) is 1.60. The number of nitrogens with zero attached hydrogens (tertiary/aromatic N) is 1. The summed E-state index contributed by atoms with van der Waals surface area (Å²) < 4.78 is 0. The molecule has 5 heteroatoms. The van der Waals surface area contributed by atoms with Gasteiger partial charge in [0, 0.05) is 5.56 Å². The van der Waals surface area contributed by atoms with Gasteiger partial charge in [0.1, 0.15) is 0 Å². The van der Waals surface area contributed by atoms with Crippen molar-refractivity contribution in [3.8, 4) is 0 Å². The second-order valence-electron chi connectivity index (χ2n) is 2.05. The molecule has 4 nitrogen and oxygen atoms in total. The van der Waals surface area contributed by atoms with Crippen LogP contribution in [0.3, 0.4) is 0 Å². The molecule has 1 rings (SSSR count). The Hall–Kier alpha value is -0.940. The highest BCUT2D eigenvalue weighted by Gasteiger charge is 2.13. The summed E-state index contributed by atoms with van der Waals surface area (Å²) in [6.07, 6.45) is 0.583. The van der Waals surface area contributed by atoms with E-state index in [0.717, 1.165) is 16.9 Å². The van der Waals surface area contributed by atoms with Crippen LogP contribution in [0, 0.1) is 10.1 Å². The van der Waals surface area contributed by atoms with Gasteiger partial charge in [0.05, 0.1) is 4.92 Å². The summed E-state index contributed by atoms with van der Waals surface area (Å²) in [7, 11) is 0. The molecular formula is C6H8N2O2S.